The number of fused-ring (bicyclic) bond motifs is 1. The van der Waals surface area contributed by atoms with Crippen molar-refractivity contribution in [1.29, 1.82) is 0 Å². The summed E-state index contributed by atoms with van der Waals surface area (Å²) in [5.41, 5.74) is 1.00. The highest BCUT2D eigenvalue weighted by atomic mass is 32.2. The summed E-state index contributed by atoms with van der Waals surface area (Å²) in [4.78, 5) is 42.3. The Hall–Kier alpha value is -2.06. The van der Waals surface area contributed by atoms with Gasteiger partial charge in [0, 0.05) is 31.5 Å². The summed E-state index contributed by atoms with van der Waals surface area (Å²) in [7, 11) is 0. The van der Waals surface area contributed by atoms with Crippen LogP contribution in [0, 0.1) is 17.8 Å². The Kier molecular flexibility index (Phi) is 7.34. The minimum Gasteiger partial charge on any atom is -0.396 e. The molecular weight excluding hydrogens is 438 g/mol. The van der Waals surface area contributed by atoms with Crippen molar-refractivity contribution in [1.82, 2.24) is 15.5 Å². The highest BCUT2D eigenvalue weighted by Crippen LogP contribution is 2.68. The summed E-state index contributed by atoms with van der Waals surface area (Å²) in [6.07, 6.45) is 2.88. The molecule has 0 saturated carbocycles. The van der Waals surface area contributed by atoms with Crippen LogP contribution in [0.4, 0.5) is 0 Å². The van der Waals surface area contributed by atoms with E-state index in [0.717, 1.165) is 18.4 Å². The van der Waals surface area contributed by atoms with Gasteiger partial charge in [0.05, 0.1) is 16.6 Å². The molecule has 8 heteroatoms. The lowest BCUT2D eigenvalue weighted by atomic mass is 9.66. The van der Waals surface area contributed by atoms with Gasteiger partial charge >= 0.3 is 0 Å². The normalized spacial score (nSPS) is 32.2. The van der Waals surface area contributed by atoms with Crippen LogP contribution in [0.2, 0.25) is 0 Å². The molecule has 1 aromatic rings. The van der Waals surface area contributed by atoms with Gasteiger partial charge in [0.15, 0.2) is 0 Å². The van der Waals surface area contributed by atoms with Gasteiger partial charge < -0.3 is 20.6 Å². The number of likely N-dealkylation sites (tertiary alicyclic amines) is 1. The maximum atomic E-state index is 13.8. The van der Waals surface area contributed by atoms with Crippen molar-refractivity contribution in [2.75, 3.05) is 19.7 Å². The molecule has 3 unspecified atom stereocenters. The van der Waals surface area contributed by atoms with Gasteiger partial charge in [-0.05, 0) is 37.2 Å². The van der Waals surface area contributed by atoms with Crippen LogP contribution in [0.3, 0.4) is 0 Å². The maximum absolute atomic E-state index is 13.8. The number of unbranched alkanes of at least 4 members (excludes halogenated alkanes) is 1. The predicted molar refractivity (Wildman–Crippen MR) is 128 cm³/mol. The number of hydrogen-bond acceptors (Lipinski definition) is 5. The average Bonchev–Trinajstić information content (AvgIpc) is 3.41. The third kappa shape index (κ3) is 4.16. The Morgan fingerprint density at radius 3 is 2.64 bits per heavy atom. The SMILES string of the molecule is CCCNC(=O)[C@@H]1[C@@H]2CC(C)C3(S2)C(C(=O)NCc2ccccc2)N(CCCCO)C(=O)[C@H]13. The third-order valence-electron chi connectivity index (χ3n) is 7.46. The van der Waals surface area contributed by atoms with Gasteiger partial charge in [-0.15, -0.1) is 11.8 Å². The summed E-state index contributed by atoms with van der Waals surface area (Å²) in [6.45, 7) is 5.60. The van der Waals surface area contributed by atoms with E-state index in [0.29, 0.717) is 32.5 Å². The molecule has 0 aromatic heterocycles. The van der Waals surface area contributed by atoms with E-state index in [9.17, 15) is 19.5 Å². The van der Waals surface area contributed by atoms with Gasteiger partial charge in [0.2, 0.25) is 17.7 Å². The average molecular weight is 474 g/mol. The number of rotatable bonds is 10. The molecular formula is C25H35N3O4S. The molecule has 0 radical (unpaired) electrons. The fourth-order valence-corrected chi connectivity index (χ4v) is 8.42. The molecule has 3 amide bonds. The Balaban J connectivity index is 1.63. The molecule has 0 aliphatic carbocycles. The zero-order chi connectivity index (χ0) is 23.6. The molecule has 33 heavy (non-hydrogen) atoms. The first-order valence-corrected chi connectivity index (χ1v) is 13.0. The number of amides is 3. The fourth-order valence-electron chi connectivity index (χ4n) is 6.00. The molecule has 2 bridgehead atoms. The second-order valence-corrected chi connectivity index (χ2v) is 11.1. The number of hydrogen-bond donors (Lipinski definition) is 3. The number of thioether (sulfide) groups is 1. The van der Waals surface area contributed by atoms with E-state index in [1.807, 2.05) is 37.3 Å². The first kappa shape index (κ1) is 24.1. The summed E-state index contributed by atoms with van der Waals surface area (Å²) in [6, 6.07) is 9.14. The first-order chi connectivity index (χ1) is 16.0. The minimum atomic E-state index is -0.605. The second kappa shape index (κ2) is 10.1. The fraction of sp³-hybridized carbons (Fsp3) is 0.640. The van der Waals surface area contributed by atoms with Crippen molar-refractivity contribution in [3.8, 4) is 0 Å². The number of aliphatic hydroxyl groups is 1. The van der Waals surface area contributed by atoms with E-state index in [4.69, 9.17) is 0 Å². The third-order valence-corrected chi connectivity index (χ3v) is 9.54. The summed E-state index contributed by atoms with van der Waals surface area (Å²) < 4.78 is -0.587. The number of aliphatic hydroxyl groups excluding tert-OH is 1. The number of nitrogens with one attached hydrogen (secondary N) is 2. The van der Waals surface area contributed by atoms with Crippen LogP contribution in [0.25, 0.3) is 0 Å². The zero-order valence-electron chi connectivity index (χ0n) is 19.5. The minimum absolute atomic E-state index is 0.0523. The van der Waals surface area contributed by atoms with Crippen molar-refractivity contribution in [2.45, 2.75) is 62.1 Å². The largest absolute Gasteiger partial charge is 0.396 e. The van der Waals surface area contributed by atoms with Gasteiger partial charge in [0.25, 0.3) is 0 Å². The van der Waals surface area contributed by atoms with Crippen LogP contribution in [0.5, 0.6) is 0 Å². The Morgan fingerprint density at radius 1 is 1.18 bits per heavy atom. The van der Waals surface area contributed by atoms with Crippen LogP contribution < -0.4 is 10.6 Å². The number of carbonyl (C=O) groups excluding carboxylic acids is 3. The predicted octanol–water partition coefficient (Wildman–Crippen LogP) is 1.94. The van der Waals surface area contributed by atoms with E-state index in [-0.39, 0.29) is 35.5 Å². The molecule has 1 aromatic carbocycles. The molecule has 3 heterocycles. The van der Waals surface area contributed by atoms with Gasteiger partial charge in [-0.2, -0.15) is 0 Å². The van der Waals surface area contributed by atoms with Crippen LogP contribution in [0.1, 0.15) is 45.1 Å². The molecule has 3 fully saturated rings. The van der Waals surface area contributed by atoms with Crippen molar-refractivity contribution in [3.05, 3.63) is 35.9 Å². The van der Waals surface area contributed by atoms with Gasteiger partial charge in [-0.3, -0.25) is 14.4 Å². The van der Waals surface area contributed by atoms with E-state index in [2.05, 4.69) is 17.6 Å². The van der Waals surface area contributed by atoms with E-state index < -0.39 is 22.6 Å². The molecule has 3 aliphatic rings. The molecule has 3 N–H and O–H groups in total. The number of benzene rings is 1. The zero-order valence-corrected chi connectivity index (χ0v) is 20.3. The molecule has 7 nitrogen and oxygen atoms in total. The first-order valence-electron chi connectivity index (χ1n) is 12.1. The Bertz CT molecular complexity index is 882. The van der Waals surface area contributed by atoms with Crippen molar-refractivity contribution in [2.24, 2.45) is 17.8 Å². The number of carbonyl (C=O) groups is 3. The van der Waals surface area contributed by atoms with Gasteiger partial charge in [0.1, 0.15) is 6.04 Å². The Morgan fingerprint density at radius 2 is 1.94 bits per heavy atom. The van der Waals surface area contributed by atoms with Crippen molar-refractivity contribution in [3.63, 3.8) is 0 Å². The quantitative estimate of drug-likeness (QED) is 0.451. The van der Waals surface area contributed by atoms with Crippen LogP contribution >= 0.6 is 11.8 Å². The molecule has 3 aliphatic heterocycles. The molecule has 180 valence electrons. The summed E-state index contributed by atoms with van der Waals surface area (Å²) >= 11 is 1.70. The van der Waals surface area contributed by atoms with Gasteiger partial charge in [-0.1, -0.05) is 44.2 Å². The molecule has 6 atom stereocenters. The molecule has 4 rings (SSSR count). The summed E-state index contributed by atoms with van der Waals surface area (Å²) in [5, 5.41) is 15.4. The van der Waals surface area contributed by atoms with Crippen LogP contribution in [-0.4, -0.2) is 63.5 Å². The van der Waals surface area contributed by atoms with E-state index in [1.54, 1.807) is 16.7 Å². The second-order valence-electron chi connectivity index (χ2n) is 9.51. The van der Waals surface area contributed by atoms with Crippen molar-refractivity contribution < 1.29 is 19.5 Å². The molecule has 3 saturated heterocycles. The lowest BCUT2D eigenvalue weighted by Crippen LogP contribution is -2.56. The highest BCUT2D eigenvalue weighted by molar-refractivity contribution is 8.02. The smallest absolute Gasteiger partial charge is 0.244 e. The van der Waals surface area contributed by atoms with E-state index >= 15 is 0 Å². The van der Waals surface area contributed by atoms with Crippen LogP contribution in [0.15, 0.2) is 30.3 Å². The van der Waals surface area contributed by atoms with Gasteiger partial charge in [-0.25, -0.2) is 0 Å². The van der Waals surface area contributed by atoms with Crippen LogP contribution in [-0.2, 0) is 20.9 Å². The standard InChI is InChI=1S/C25H35N3O4S/c1-3-11-26-22(30)19-18-14-16(2)25(33-18)20(19)24(32)28(12-7-8-13-29)21(25)23(31)27-15-17-9-5-4-6-10-17/h4-6,9-10,16,18-21,29H,3,7-8,11-15H2,1-2H3,(H,26,30)(H,27,31)/t16?,18-,19+,20-,21?,25?/m0/s1. The van der Waals surface area contributed by atoms with E-state index in [1.165, 1.54) is 0 Å². The summed E-state index contributed by atoms with van der Waals surface area (Å²) in [5.74, 6) is -0.986. The Labute approximate surface area is 200 Å². The lowest BCUT2D eigenvalue weighted by molar-refractivity contribution is -0.140. The topological polar surface area (TPSA) is 98.7 Å². The lowest BCUT2D eigenvalue weighted by Gasteiger charge is -2.38. The monoisotopic (exact) mass is 473 g/mol. The van der Waals surface area contributed by atoms with Crippen molar-refractivity contribution >= 4 is 29.5 Å². The highest BCUT2D eigenvalue weighted by Gasteiger charge is 2.75. The number of nitrogens with zero attached hydrogens (tertiary/aromatic N) is 1. The maximum Gasteiger partial charge on any atom is 0.244 e. The molecule has 1 spiro atoms.